The summed E-state index contributed by atoms with van der Waals surface area (Å²) in [6.07, 6.45) is 6.98. The Morgan fingerprint density at radius 1 is 1.16 bits per heavy atom. The van der Waals surface area contributed by atoms with E-state index in [1.165, 1.54) is 0 Å². The molecule has 2 aromatic rings. The summed E-state index contributed by atoms with van der Waals surface area (Å²) < 4.78 is 0. The highest BCUT2D eigenvalue weighted by molar-refractivity contribution is 5.92. The van der Waals surface area contributed by atoms with Crippen LogP contribution in [0.1, 0.15) is 60.3 Å². The van der Waals surface area contributed by atoms with Crippen LogP contribution < -0.4 is 15.8 Å². The van der Waals surface area contributed by atoms with Gasteiger partial charge in [0.2, 0.25) is 0 Å². The molecule has 0 radical (unpaired) electrons. The van der Waals surface area contributed by atoms with E-state index in [1.54, 1.807) is 19.3 Å². The van der Waals surface area contributed by atoms with Crippen LogP contribution in [0.15, 0.2) is 35.3 Å². The molecule has 1 unspecified atom stereocenters. The Bertz CT molecular complexity index is 947. The van der Waals surface area contributed by atoms with Crippen LogP contribution in [-0.4, -0.2) is 60.0 Å². The number of amides is 1. The van der Waals surface area contributed by atoms with Crippen molar-refractivity contribution in [1.82, 2.24) is 20.2 Å². The van der Waals surface area contributed by atoms with Crippen LogP contribution in [0.3, 0.4) is 0 Å². The van der Waals surface area contributed by atoms with Crippen LogP contribution in [0.5, 0.6) is 0 Å². The summed E-state index contributed by atoms with van der Waals surface area (Å²) in [6.45, 7) is 6.21. The number of aromatic amines is 1. The summed E-state index contributed by atoms with van der Waals surface area (Å²) in [7, 11) is 1.62. The van der Waals surface area contributed by atoms with Crippen molar-refractivity contribution in [1.29, 1.82) is 0 Å². The Kier molecular flexibility index (Phi) is 6.70. The van der Waals surface area contributed by atoms with Crippen molar-refractivity contribution < 1.29 is 4.79 Å². The van der Waals surface area contributed by atoms with E-state index in [-0.39, 0.29) is 11.5 Å². The third kappa shape index (κ3) is 4.82. The lowest BCUT2D eigenvalue weighted by molar-refractivity contribution is 0.0958. The van der Waals surface area contributed by atoms with Gasteiger partial charge in [-0.2, -0.15) is 0 Å². The van der Waals surface area contributed by atoms with Gasteiger partial charge in [0.25, 0.3) is 11.5 Å². The number of likely N-dealkylation sites (tertiary alicyclic amines) is 1. The zero-order valence-corrected chi connectivity index (χ0v) is 18.6. The standard InChI is InChI=1S/C24H33N5O2/c1-3-4-17-5-7-21(27-23(17)30)18-9-12-29(16-18)19-10-13-28(14-11-19)20-6-8-22(26-15-20)24(31)25-2/h5-8,15,18-19H,3-4,9-14,16H2,1-2H3,(H,25,31)(H,27,30). The van der Waals surface area contributed by atoms with Gasteiger partial charge in [0.05, 0.1) is 11.9 Å². The zero-order chi connectivity index (χ0) is 21.8. The minimum Gasteiger partial charge on any atom is -0.370 e. The molecule has 0 aromatic carbocycles. The molecule has 2 aromatic heterocycles. The minimum absolute atomic E-state index is 0.0853. The Hall–Kier alpha value is -2.67. The van der Waals surface area contributed by atoms with Gasteiger partial charge in [-0.05, 0) is 50.4 Å². The molecule has 2 aliphatic rings. The highest BCUT2D eigenvalue weighted by atomic mass is 16.1. The van der Waals surface area contributed by atoms with Crippen LogP contribution >= 0.6 is 0 Å². The number of aromatic nitrogens is 2. The molecule has 2 fully saturated rings. The first kappa shape index (κ1) is 21.6. The molecular weight excluding hydrogens is 390 g/mol. The van der Waals surface area contributed by atoms with E-state index in [1.807, 2.05) is 12.1 Å². The maximum Gasteiger partial charge on any atom is 0.269 e. The average molecular weight is 424 g/mol. The lowest BCUT2D eigenvalue weighted by Gasteiger charge is -2.37. The van der Waals surface area contributed by atoms with Crippen LogP contribution in [0, 0.1) is 0 Å². The van der Waals surface area contributed by atoms with Gasteiger partial charge in [-0.15, -0.1) is 0 Å². The van der Waals surface area contributed by atoms with Crippen molar-refractivity contribution in [2.24, 2.45) is 0 Å². The molecule has 1 amide bonds. The predicted octanol–water partition coefficient (Wildman–Crippen LogP) is 2.54. The van der Waals surface area contributed by atoms with E-state index in [0.29, 0.717) is 17.7 Å². The number of nitrogens with zero attached hydrogens (tertiary/aromatic N) is 3. The highest BCUT2D eigenvalue weighted by Gasteiger charge is 2.32. The minimum atomic E-state index is -0.157. The summed E-state index contributed by atoms with van der Waals surface area (Å²) in [5, 5.41) is 2.60. The number of hydrogen-bond donors (Lipinski definition) is 2. The summed E-state index contributed by atoms with van der Waals surface area (Å²) in [6, 6.07) is 8.51. The van der Waals surface area contributed by atoms with Gasteiger partial charge in [0, 0.05) is 49.9 Å². The van der Waals surface area contributed by atoms with Crippen molar-refractivity contribution in [2.45, 2.75) is 51.0 Å². The molecule has 0 spiro atoms. The molecule has 31 heavy (non-hydrogen) atoms. The topological polar surface area (TPSA) is 81.3 Å². The number of H-pyrrole nitrogens is 1. The lowest BCUT2D eigenvalue weighted by atomic mass is 10.0. The molecule has 0 bridgehead atoms. The van der Waals surface area contributed by atoms with Crippen LogP contribution in [-0.2, 0) is 6.42 Å². The first-order chi connectivity index (χ1) is 15.1. The third-order valence-electron chi connectivity index (χ3n) is 6.75. The molecule has 0 aliphatic carbocycles. The molecule has 0 saturated carbocycles. The van der Waals surface area contributed by atoms with E-state index in [9.17, 15) is 9.59 Å². The number of piperidine rings is 1. The molecule has 1 atom stereocenters. The molecule has 4 rings (SSSR count). The predicted molar refractivity (Wildman–Crippen MR) is 123 cm³/mol. The molecule has 166 valence electrons. The zero-order valence-electron chi connectivity index (χ0n) is 18.6. The van der Waals surface area contributed by atoms with Crippen LogP contribution in [0.2, 0.25) is 0 Å². The number of hydrogen-bond acceptors (Lipinski definition) is 5. The summed E-state index contributed by atoms with van der Waals surface area (Å²) in [5.41, 5.74) is 3.60. The number of carbonyl (C=O) groups is 1. The maximum atomic E-state index is 12.3. The second kappa shape index (κ2) is 9.64. The smallest absolute Gasteiger partial charge is 0.269 e. The van der Waals surface area contributed by atoms with E-state index in [4.69, 9.17) is 0 Å². The number of anilines is 1. The fraction of sp³-hybridized carbons (Fsp3) is 0.542. The number of nitrogens with one attached hydrogen (secondary N) is 2. The number of aryl methyl sites for hydroxylation is 1. The van der Waals surface area contributed by atoms with Crippen molar-refractivity contribution in [3.63, 3.8) is 0 Å². The first-order valence-electron chi connectivity index (χ1n) is 11.5. The average Bonchev–Trinajstić information content (AvgIpc) is 3.30. The number of pyridine rings is 2. The second-order valence-electron chi connectivity index (χ2n) is 8.70. The molecular formula is C24H33N5O2. The second-order valence-corrected chi connectivity index (χ2v) is 8.70. The molecule has 2 saturated heterocycles. The number of rotatable bonds is 6. The van der Waals surface area contributed by atoms with Gasteiger partial charge in [-0.1, -0.05) is 19.4 Å². The molecule has 2 aliphatic heterocycles. The Morgan fingerprint density at radius 2 is 1.97 bits per heavy atom. The Morgan fingerprint density at radius 3 is 2.61 bits per heavy atom. The van der Waals surface area contributed by atoms with Gasteiger partial charge in [-0.25, -0.2) is 4.98 Å². The van der Waals surface area contributed by atoms with Crippen molar-refractivity contribution >= 4 is 11.6 Å². The molecule has 4 heterocycles. The van der Waals surface area contributed by atoms with Crippen molar-refractivity contribution in [3.05, 3.63) is 57.8 Å². The quantitative estimate of drug-likeness (QED) is 0.746. The SMILES string of the molecule is CCCc1ccc(C2CCN(C3CCN(c4ccc(C(=O)NC)nc4)CC3)C2)[nH]c1=O. The molecule has 2 N–H and O–H groups in total. The Labute approximate surface area is 183 Å². The first-order valence-corrected chi connectivity index (χ1v) is 11.5. The highest BCUT2D eigenvalue weighted by Crippen LogP contribution is 2.30. The fourth-order valence-corrected chi connectivity index (χ4v) is 4.92. The Balaban J connectivity index is 1.31. The lowest BCUT2D eigenvalue weighted by Crippen LogP contribution is -2.44. The number of carbonyl (C=O) groups excluding carboxylic acids is 1. The van der Waals surface area contributed by atoms with Gasteiger partial charge in [0.15, 0.2) is 0 Å². The summed E-state index contributed by atoms with van der Waals surface area (Å²) >= 11 is 0. The van der Waals surface area contributed by atoms with Crippen LogP contribution in [0.25, 0.3) is 0 Å². The normalized spacial score (nSPS) is 20.2. The molecule has 7 nitrogen and oxygen atoms in total. The van der Waals surface area contributed by atoms with E-state index in [0.717, 1.165) is 75.2 Å². The maximum absolute atomic E-state index is 12.3. The third-order valence-corrected chi connectivity index (χ3v) is 6.75. The monoisotopic (exact) mass is 423 g/mol. The van der Waals surface area contributed by atoms with Gasteiger partial charge in [-0.3, -0.25) is 14.5 Å². The summed E-state index contributed by atoms with van der Waals surface area (Å²) in [4.78, 5) is 36.4. The fourth-order valence-electron chi connectivity index (χ4n) is 4.92. The van der Waals surface area contributed by atoms with E-state index in [2.05, 4.69) is 38.1 Å². The van der Waals surface area contributed by atoms with Crippen molar-refractivity contribution in [3.8, 4) is 0 Å². The van der Waals surface area contributed by atoms with Crippen LogP contribution in [0.4, 0.5) is 5.69 Å². The van der Waals surface area contributed by atoms with Gasteiger partial charge in [0.1, 0.15) is 5.69 Å². The van der Waals surface area contributed by atoms with Gasteiger partial charge < -0.3 is 15.2 Å². The van der Waals surface area contributed by atoms with Crippen molar-refractivity contribution in [2.75, 3.05) is 38.1 Å². The van der Waals surface area contributed by atoms with E-state index >= 15 is 0 Å². The van der Waals surface area contributed by atoms with E-state index < -0.39 is 0 Å². The largest absolute Gasteiger partial charge is 0.370 e. The summed E-state index contributed by atoms with van der Waals surface area (Å²) in [5.74, 6) is 0.262. The molecule has 7 heteroatoms. The van der Waals surface area contributed by atoms with Gasteiger partial charge >= 0.3 is 0 Å².